The third-order valence-electron chi connectivity index (χ3n) is 3.11. The van der Waals surface area contributed by atoms with Gasteiger partial charge in [-0.25, -0.2) is 4.39 Å². The van der Waals surface area contributed by atoms with Gasteiger partial charge in [0, 0.05) is 31.9 Å². The van der Waals surface area contributed by atoms with Crippen molar-refractivity contribution in [2.24, 2.45) is 0 Å². The molecule has 1 aliphatic heterocycles. The molecule has 100 valence electrons. The van der Waals surface area contributed by atoms with Crippen LogP contribution in [0, 0.1) is 12.7 Å². The highest BCUT2D eigenvalue weighted by Gasteiger charge is 2.10. The predicted octanol–water partition coefficient (Wildman–Crippen LogP) is 2.64. The van der Waals surface area contributed by atoms with Gasteiger partial charge in [0.2, 0.25) is 0 Å². The van der Waals surface area contributed by atoms with E-state index in [-0.39, 0.29) is 5.82 Å². The fourth-order valence-corrected chi connectivity index (χ4v) is 2.47. The number of hydrogen-bond donors (Lipinski definition) is 1. The van der Waals surface area contributed by atoms with Crippen molar-refractivity contribution in [3.63, 3.8) is 0 Å². The number of halogens is 2. The van der Waals surface area contributed by atoms with Gasteiger partial charge in [0.1, 0.15) is 5.82 Å². The van der Waals surface area contributed by atoms with Crippen molar-refractivity contribution in [2.45, 2.75) is 6.92 Å². The van der Waals surface area contributed by atoms with Gasteiger partial charge in [-0.15, -0.1) is 0 Å². The first kappa shape index (κ1) is 13.8. The first-order valence-corrected chi connectivity index (χ1v) is 6.96. The zero-order valence-electron chi connectivity index (χ0n) is 10.5. The van der Waals surface area contributed by atoms with Crippen LogP contribution in [0.2, 0.25) is 0 Å². The molecule has 0 amide bonds. The molecule has 0 aliphatic carbocycles. The summed E-state index contributed by atoms with van der Waals surface area (Å²) in [5.41, 5.74) is 1.91. The molecule has 0 spiro atoms. The molecule has 5 heteroatoms. The third kappa shape index (κ3) is 3.67. The normalized spacial score (nSPS) is 16.8. The summed E-state index contributed by atoms with van der Waals surface area (Å²) in [5.74, 6) is -0.227. The molecular formula is C13H18BrFN2O. The summed E-state index contributed by atoms with van der Waals surface area (Å²) in [6.07, 6.45) is 0. The van der Waals surface area contributed by atoms with E-state index in [1.165, 1.54) is 0 Å². The van der Waals surface area contributed by atoms with Crippen LogP contribution in [0.25, 0.3) is 0 Å². The molecule has 1 saturated heterocycles. The smallest absolute Gasteiger partial charge is 0.139 e. The van der Waals surface area contributed by atoms with E-state index in [9.17, 15) is 4.39 Å². The Hall–Kier alpha value is -0.650. The molecule has 3 nitrogen and oxygen atoms in total. The lowest BCUT2D eigenvalue weighted by Crippen LogP contribution is -2.39. The molecular weight excluding hydrogens is 299 g/mol. The van der Waals surface area contributed by atoms with Gasteiger partial charge in [0.15, 0.2) is 0 Å². The van der Waals surface area contributed by atoms with Gasteiger partial charge in [-0.05, 0) is 40.5 Å². The first-order valence-electron chi connectivity index (χ1n) is 6.16. The van der Waals surface area contributed by atoms with Gasteiger partial charge in [-0.2, -0.15) is 0 Å². The Kier molecular flexibility index (Phi) is 4.97. The Morgan fingerprint density at radius 3 is 2.83 bits per heavy atom. The summed E-state index contributed by atoms with van der Waals surface area (Å²) in [5, 5.41) is 3.28. The van der Waals surface area contributed by atoms with Crippen LogP contribution in [0.1, 0.15) is 5.56 Å². The van der Waals surface area contributed by atoms with Crippen molar-refractivity contribution in [1.82, 2.24) is 4.90 Å². The molecule has 1 aromatic carbocycles. The van der Waals surface area contributed by atoms with Gasteiger partial charge in [-0.3, -0.25) is 4.90 Å². The van der Waals surface area contributed by atoms with E-state index in [2.05, 4.69) is 26.1 Å². The Morgan fingerprint density at radius 1 is 1.39 bits per heavy atom. The van der Waals surface area contributed by atoms with Crippen LogP contribution >= 0.6 is 15.9 Å². The van der Waals surface area contributed by atoms with Gasteiger partial charge in [-0.1, -0.05) is 0 Å². The van der Waals surface area contributed by atoms with E-state index in [0.29, 0.717) is 4.47 Å². The van der Waals surface area contributed by atoms with Gasteiger partial charge in [0.05, 0.1) is 17.7 Å². The number of aryl methyl sites for hydroxylation is 1. The van der Waals surface area contributed by atoms with Crippen molar-refractivity contribution < 1.29 is 9.13 Å². The topological polar surface area (TPSA) is 24.5 Å². The Morgan fingerprint density at radius 2 is 2.11 bits per heavy atom. The zero-order valence-corrected chi connectivity index (χ0v) is 12.1. The molecule has 1 aromatic rings. The number of anilines is 1. The number of nitrogens with zero attached hydrogens (tertiary/aromatic N) is 1. The average Bonchev–Trinajstić information content (AvgIpc) is 2.37. The highest BCUT2D eigenvalue weighted by molar-refractivity contribution is 9.10. The lowest BCUT2D eigenvalue weighted by Gasteiger charge is -2.26. The second-order valence-corrected chi connectivity index (χ2v) is 5.32. The Balaban J connectivity index is 1.84. The van der Waals surface area contributed by atoms with Crippen molar-refractivity contribution in [2.75, 3.05) is 44.7 Å². The number of benzene rings is 1. The van der Waals surface area contributed by atoms with Crippen LogP contribution in [0.4, 0.5) is 10.1 Å². The number of morpholine rings is 1. The van der Waals surface area contributed by atoms with Crippen molar-refractivity contribution in [1.29, 1.82) is 0 Å². The molecule has 0 atom stereocenters. The van der Waals surface area contributed by atoms with Crippen LogP contribution in [-0.4, -0.2) is 44.3 Å². The van der Waals surface area contributed by atoms with Crippen molar-refractivity contribution in [3.05, 3.63) is 28.0 Å². The summed E-state index contributed by atoms with van der Waals surface area (Å²) in [7, 11) is 0. The molecule has 0 unspecified atom stereocenters. The highest BCUT2D eigenvalue weighted by Crippen LogP contribution is 2.23. The predicted molar refractivity (Wildman–Crippen MR) is 74.6 cm³/mol. The maximum atomic E-state index is 13.4. The fraction of sp³-hybridized carbons (Fsp3) is 0.538. The van der Waals surface area contributed by atoms with Crippen LogP contribution < -0.4 is 5.32 Å². The van der Waals surface area contributed by atoms with Gasteiger partial charge < -0.3 is 10.1 Å². The minimum absolute atomic E-state index is 0.227. The minimum atomic E-state index is -0.227. The van der Waals surface area contributed by atoms with E-state index >= 15 is 0 Å². The lowest BCUT2D eigenvalue weighted by molar-refractivity contribution is 0.0398. The quantitative estimate of drug-likeness (QED) is 0.924. The summed E-state index contributed by atoms with van der Waals surface area (Å²) >= 11 is 3.19. The van der Waals surface area contributed by atoms with E-state index in [1.54, 1.807) is 12.1 Å². The van der Waals surface area contributed by atoms with E-state index in [1.807, 2.05) is 6.92 Å². The van der Waals surface area contributed by atoms with Crippen molar-refractivity contribution in [3.8, 4) is 0 Å². The summed E-state index contributed by atoms with van der Waals surface area (Å²) in [6.45, 7) is 7.34. The second kappa shape index (κ2) is 6.50. The van der Waals surface area contributed by atoms with Gasteiger partial charge in [0.25, 0.3) is 0 Å². The summed E-state index contributed by atoms with van der Waals surface area (Å²) in [6, 6.07) is 3.34. The maximum Gasteiger partial charge on any atom is 0.139 e. The molecule has 1 fully saturated rings. The Bertz CT molecular complexity index is 408. The number of nitrogens with one attached hydrogen (secondary N) is 1. The second-order valence-electron chi connectivity index (χ2n) is 4.46. The number of ether oxygens (including phenoxy) is 1. The monoisotopic (exact) mass is 316 g/mol. The standard InChI is InChI=1S/C13H18BrFN2O/c1-10-8-11(14)12(15)9-13(10)16-2-3-17-4-6-18-7-5-17/h8-9,16H,2-7H2,1H3. The maximum absolute atomic E-state index is 13.4. The van der Waals surface area contributed by atoms with E-state index < -0.39 is 0 Å². The van der Waals surface area contributed by atoms with Crippen LogP contribution in [-0.2, 0) is 4.74 Å². The van der Waals surface area contributed by atoms with E-state index in [4.69, 9.17) is 4.74 Å². The number of rotatable bonds is 4. The molecule has 0 radical (unpaired) electrons. The summed E-state index contributed by atoms with van der Waals surface area (Å²) < 4.78 is 19.2. The molecule has 18 heavy (non-hydrogen) atoms. The highest BCUT2D eigenvalue weighted by atomic mass is 79.9. The first-order chi connectivity index (χ1) is 8.66. The molecule has 1 aliphatic rings. The van der Waals surface area contributed by atoms with Gasteiger partial charge >= 0.3 is 0 Å². The SMILES string of the molecule is Cc1cc(Br)c(F)cc1NCCN1CCOCC1. The molecule has 1 N–H and O–H groups in total. The molecule has 0 saturated carbocycles. The zero-order chi connectivity index (χ0) is 13.0. The summed E-state index contributed by atoms with van der Waals surface area (Å²) in [4.78, 5) is 2.35. The third-order valence-corrected chi connectivity index (χ3v) is 3.72. The largest absolute Gasteiger partial charge is 0.383 e. The number of hydrogen-bond acceptors (Lipinski definition) is 3. The van der Waals surface area contributed by atoms with Crippen LogP contribution in [0.3, 0.4) is 0 Å². The Labute approximate surface area is 115 Å². The molecule has 0 aromatic heterocycles. The van der Waals surface area contributed by atoms with Crippen molar-refractivity contribution >= 4 is 21.6 Å². The molecule has 2 rings (SSSR count). The minimum Gasteiger partial charge on any atom is -0.383 e. The lowest BCUT2D eigenvalue weighted by atomic mass is 10.2. The molecule has 0 bridgehead atoms. The fourth-order valence-electron chi connectivity index (χ4n) is 2.01. The van der Waals surface area contributed by atoms with Crippen LogP contribution in [0.5, 0.6) is 0 Å². The van der Waals surface area contributed by atoms with Crippen LogP contribution in [0.15, 0.2) is 16.6 Å². The average molecular weight is 317 g/mol. The van der Waals surface area contributed by atoms with E-state index in [0.717, 1.165) is 50.6 Å². The molecule has 1 heterocycles.